The maximum absolute atomic E-state index is 11.4. The summed E-state index contributed by atoms with van der Waals surface area (Å²) in [6, 6.07) is 6.79. The van der Waals surface area contributed by atoms with Crippen molar-refractivity contribution < 1.29 is 19.2 Å². The highest BCUT2D eigenvalue weighted by molar-refractivity contribution is 5.90. The van der Waals surface area contributed by atoms with E-state index in [1.54, 1.807) is 24.3 Å². The number of ether oxygens (including phenoxy) is 1. The Morgan fingerprint density at radius 3 is 2.57 bits per heavy atom. The number of nitrogens with zero attached hydrogens (tertiary/aromatic N) is 1. The number of carbonyl (C=O) groups is 2. The van der Waals surface area contributed by atoms with Crippen LogP contribution >= 0.6 is 0 Å². The van der Waals surface area contributed by atoms with E-state index in [4.69, 9.17) is 4.84 Å². The fourth-order valence-electron chi connectivity index (χ4n) is 1.44. The second-order valence-corrected chi connectivity index (χ2v) is 4.50. The first kappa shape index (κ1) is 16.7. The van der Waals surface area contributed by atoms with Crippen molar-refractivity contribution in [3.8, 4) is 0 Å². The van der Waals surface area contributed by atoms with E-state index in [2.05, 4.69) is 15.2 Å². The maximum Gasteiger partial charge on any atom is 0.337 e. The van der Waals surface area contributed by atoms with Gasteiger partial charge in [-0.25, -0.2) is 4.79 Å². The first-order chi connectivity index (χ1) is 10.1. The Labute approximate surface area is 124 Å². The molecule has 1 N–H and O–H groups in total. The second-order valence-electron chi connectivity index (χ2n) is 4.50. The van der Waals surface area contributed by atoms with Gasteiger partial charge in [-0.1, -0.05) is 24.2 Å². The molecule has 0 aromatic heterocycles. The lowest BCUT2D eigenvalue weighted by Gasteiger charge is -2.09. The molecule has 21 heavy (non-hydrogen) atoms. The molecule has 0 saturated heterocycles. The van der Waals surface area contributed by atoms with E-state index in [9.17, 15) is 9.59 Å². The Morgan fingerprint density at radius 2 is 2.00 bits per heavy atom. The molecule has 1 atom stereocenters. The van der Waals surface area contributed by atoms with Crippen LogP contribution in [0.1, 0.15) is 36.2 Å². The molecule has 6 nitrogen and oxygen atoms in total. The van der Waals surface area contributed by atoms with Crippen LogP contribution in [0.15, 0.2) is 29.4 Å². The zero-order valence-corrected chi connectivity index (χ0v) is 12.5. The highest BCUT2D eigenvalue weighted by atomic mass is 16.6. The van der Waals surface area contributed by atoms with Crippen LogP contribution in [-0.4, -0.2) is 37.8 Å². The lowest BCUT2D eigenvalue weighted by Crippen LogP contribution is -2.34. The normalized spacial score (nSPS) is 12.0. The third kappa shape index (κ3) is 6.07. The summed E-state index contributed by atoms with van der Waals surface area (Å²) >= 11 is 0. The van der Waals surface area contributed by atoms with Crippen LogP contribution in [0.4, 0.5) is 0 Å². The van der Waals surface area contributed by atoms with E-state index in [0.717, 1.165) is 12.0 Å². The van der Waals surface area contributed by atoms with Crippen LogP contribution in [-0.2, 0) is 14.4 Å². The van der Waals surface area contributed by atoms with E-state index >= 15 is 0 Å². The minimum absolute atomic E-state index is 0.121. The molecular weight excluding hydrogens is 272 g/mol. The number of carbonyl (C=O) groups excluding carboxylic acids is 2. The zero-order chi connectivity index (χ0) is 15.7. The molecule has 0 aliphatic heterocycles. The Bertz CT molecular complexity index is 497. The number of methoxy groups -OCH3 is 1. The molecule has 0 fully saturated rings. The van der Waals surface area contributed by atoms with Gasteiger partial charge in [0.2, 0.25) is 0 Å². The summed E-state index contributed by atoms with van der Waals surface area (Å²) in [6.45, 7) is 3.78. The van der Waals surface area contributed by atoms with Gasteiger partial charge in [-0.3, -0.25) is 4.79 Å². The fraction of sp³-hybridized carbons (Fsp3) is 0.400. The first-order valence-electron chi connectivity index (χ1n) is 6.70. The van der Waals surface area contributed by atoms with E-state index in [0.29, 0.717) is 5.56 Å². The fourth-order valence-corrected chi connectivity index (χ4v) is 1.44. The predicted octanol–water partition coefficient (Wildman–Crippen LogP) is 1.74. The minimum atomic E-state index is -0.392. The average molecular weight is 292 g/mol. The number of oxime groups is 1. The summed E-state index contributed by atoms with van der Waals surface area (Å²) in [5.74, 6) is -0.598. The van der Waals surface area contributed by atoms with Crippen molar-refractivity contribution in [3.63, 3.8) is 0 Å². The molecule has 0 heterocycles. The molecule has 1 aromatic carbocycles. The standard InChI is InChI=1S/C15H20N2O4/c1-4-11(2)17-14(18)10-21-16-9-12-5-7-13(8-6-12)15(19)20-3/h5-9,11H,4,10H2,1-3H3,(H,17,18). The summed E-state index contributed by atoms with van der Waals surface area (Å²) in [5, 5.41) is 6.47. The van der Waals surface area contributed by atoms with Gasteiger partial charge in [0.15, 0.2) is 6.61 Å². The van der Waals surface area contributed by atoms with Crippen molar-refractivity contribution in [2.24, 2.45) is 5.16 Å². The van der Waals surface area contributed by atoms with Crippen LogP contribution in [0.25, 0.3) is 0 Å². The molecule has 0 saturated carbocycles. The predicted molar refractivity (Wildman–Crippen MR) is 79.2 cm³/mol. The smallest absolute Gasteiger partial charge is 0.337 e. The van der Waals surface area contributed by atoms with Gasteiger partial charge in [0.1, 0.15) is 0 Å². The molecule has 1 rings (SSSR count). The lowest BCUT2D eigenvalue weighted by atomic mass is 10.1. The van der Waals surface area contributed by atoms with E-state index in [1.165, 1.54) is 13.3 Å². The van der Waals surface area contributed by atoms with Gasteiger partial charge in [0.05, 0.1) is 18.9 Å². The molecule has 114 valence electrons. The van der Waals surface area contributed by atoms with Crippen molar-refractivity contribution in [1.82, 2.24) is 5.32 Å². The van der Waals surface area contributed by atoms with Crippen LogP contribution in [0, 0.1) is 0 Å². The van der Waals surface area contributed by atoms with Crippen LogP contribution in [0.2, 0.25) is 0 Å². The average Bonchev–Trinajstić information content (AvgIpc) is 2.51. The van der Waals surface area contributed by atoms with E-state index in [-0.39, 0.29) is 18.6 Å². The maximum atomic E-state index is 11.4. The number of esters is 1. The Hall–Kier alpha value is -2.37. The number of hydrogen-bond acceptors (Lipinski definition) is 5. The van der Waals surface area contributed by atoms with E-state index < -0.39 is 5.97 Å². The molecule has 0 radical (unpaired) electrons. The quantitative estimate of drug-likeness (QED) is 0.472. The molecular formula is C15H20N2O4. The molecule has 0 spiro atoms. The Kier molecular flexibility index (Phi) is 6.94. The summed E-state index contributed by atoms with van der Waals surface area (Å²) in [4.78, 5) is 27.6. The monoisotopic (exact) mass is 292 g/mol. The van der Waals surface area contributed by atoms with Gasteiger partial charge in [0.25, 0.3) is 5.91 Å². The van der Waals surface area contributed by atoms with E-state index in [1.807, 2.05) is 13.8 Å². The van der Waals surface area contributed by atoms with Gasteiger partial charge in [-0.15, -0.1) is 0 Å². The molecule has 1 amide bonds. The number of rotatable bonds is 7. The van der Waals surface area contributed by atoms with Gasteiger partial charge in [-0.05, 0) is 31.0 Å². The van der Waals surface area contributed by atoms with Crippen molar-refractivity contribution in [1.29, 1.82) is 0 Å². The SMILES string of the molecule is CCC(C)NC(=O)CON=Cc1ccc(C(=O)OC)cc1. The lowest BCUT2D eigenvalue weighted by molar-refractivity contribution is -0.126. The Morgan fingerprint density at radius 1 is 1.33 bits per heavy atom. The Balaban J connectivity index is 2.40. The minimum Gasteiger partial charge on any atom is -0.465 e. The summed E-state index contributed by atoms with van der Waals surface area (Å²) in [6.07, 6.45) is 2.33. The summed E-state index contributed by atoms with van der Waals surface area (Å²) in [5.41, 5.74) is 1.22. The van der Waals surface area contributed by atoms with Gasteiger partial charge < -0.3 is 14.9 Å². The number of hydrogen-bond donors (Lipinski definition) is 1. The van der Waals surface area contributed by atoms with Crippen molar-refractivity contribution >= 4 is 18.1 Å². The van der Waals surface area contributed by atoms with Crippen molar-refractivity contribution in [3.05, 3.63) is 35.4 Å². The summed E-state index contributed by atoms with van der Waals surface area (Å²) in [7, 11) is 1.33. The van der Waals surface area contributed by atoms with Crippen molar-refractivity contribution in [2.75, 3.05) is 13.7 Å². The van der Waals surface area contributed by atoms with Gasteiger partial charge >= 0.3 is 5.97 Å². The number of benzene rings is 1. The third-order valence-corrected chi connectivity index (χ3v) is 2.82. The second kappa shape index (κ2) is 8.73. The largest absolute Gasteiger partial charge is 0.465 e. The third-order valence-electron chi connectivity index (χ3n) is 2.82. The zero-order valence-electron chi connectivity index (χ0n) is 12.5. The van der Waals surface area contributed by atoms with Crippen molar-refractivity contribution in [2.45, 2.75) is 26.3 Å². The molecule has 0 aliphatic carbocycles. The number of amides is 1. The first-order valence-corrected chi connectivity index (χ1v) is 6.70. The highest BCUT2D eigenvalue weighted by Crippen LogP contribution is 2.04. The van der Waals surface area contributed by atoms with Crippen LogP contribution in [0.3, 0.4) is 0 Å². The van der Waals surface area contributed by atoms with Crippen LogP contribution in [0.5, 0.6) is 0 Å². The highest BCUT2D eigenvalue weighted by Gasteiger charge is 2.05. The molecule has 1 unspecified atom stereocenters. The molecule has 6 heteroatoms. The molecule has 0 bridgehead atoms. The topological polar surface area (TPSA) is 77.0 Å². The molecule has 0 aliphatic rings. The molecule has 1 aromatic rings. The van der Waals surface area contributed by atoms with Gasteiger partial charge in [0, 0.05) is 6.04 Å². The summed E-state index contributed by atoms with van der Waals surface area (Å²) < 4.78 is 4.60. The van der Waals surface area contributed by atoms with Gasteiger partial charge in [-0.2, -0.15) is 0 Å². The van der Waals surface area contributed by atoms with Crippen LogP contribution < -0.4 is 5.32 Å². The number of nitrogens with one attached hydrogen (secondary N) is 1.